The van der Waals surface area contributed by atoms with Crippen molar-refractivity contribution >= 4 is 5.91 Å². The van der Waals surface area contributed by atoms with E-state index in [1.54, 1.807) is 11.8 Å². The summed E-state index contributed by atoms with van der Waals surface area (Å²) >= 11 is 0. The van der Waals surface area contributed by atoms with Crippen LogP contribution in [0.3, 0.4) is 0 Å². The Morgan fingerprint density at radius 1 is 1.68 bits per heavy atom. The molecule has 2 rings (SSSR count). The number of hydrogen-bond acceptors (Lipinski definition) is 5. The Bertz CT molecular complexity index is 389. The van der Waals surface area contributed by atoms with E-state index in [9.17, 15) is 4.79 Å². The van der Waals surface area contributed by atoms with Crippen LogP contribution in [-0.2, 0) is 4.79 Å². The Hall–Kier alpha value is -1.47. The van der Waals surface area contributed by atoms with Crippen LogP contribution in [0.5, 0.6) is 0 Å². The molecule has 0 radical (unpaired) electrons. The van der Waals surface area contributed by atoms with Crippen LogP contribution < -0.4 is 5.32 Å². The predicted molar refractivity (Wildman–Crippen MR) is 69.4 cm³/mol. The molecular weight excluding hydrogens is 246 g/mol. The first kappa shape index (κ1) is 14.0. The minimum Gasteiger partial charge on any atom is -0.395 e. The zero-order chi connectivity index (χ0) is 13.7. The number of aliphatic hydroxyl groups is 1. The summed E-state index contributed by atoms with van der Waals surface area (Å²) in [5.41, 5.74) is 0. The van der Waals surface area contributed by atoms with Crippen LogP contribution in [0.25, 0.3) is 0 Å². The minimum atomic E-state index is -0.393. The standard InChI is InChI=1S/C12H21N5O2/c1-10(17-9-13-8-15-17)12(19)16(5-6-18)7-11-3-2-4-14-11/h8-11,14,18H,2-7H2,1H3. The minimum absolute atomic E-state index is 0.0253. The summed E-state index contributed by atoms with van der Waals surface area (Å²) in [4.78, 5) is 18.0. The van der Waals surface area contributed by atoms with Crippen molar-refractivity contribution < 1.29 is 9.90 Å². The third-order valence-corrected chi connectivity index (χ3v) is 3.48. The van der Waals surface area contributed by atoms with Crippen molar-refractivity contribution in [1.82, 2.24) is 25.0 Å². The van der Waals surface area contributed by atoms with Crippen LogP contribution in [0.2, 0.25) is 0 Å². The lowest BCUT2D eigenvalue weighted by Crippen LogP contribution is -2.45. The average Bonchev–Trinajstić information content (AvgIpc) is 3.09. The third kappa shape index (κ3) is 3.51. The summed E-state index contributed by atoms with van der Waals surface area (Å²) in [6.07, 6.45) is 5.17. The number of nitrogens with one attached hydrogen (secondary N) is 1. The van der Waals surface area contributed by atoms with Gasteiger partial charge in [-0.2, -0.15) is 5.10 Å². The Kier molecular flexibility index (Phi) is 4.86. The van der Waals surface area contributed by atoms with Gasteiger partial charge in [-0.05, 0) is 26.3 Å². The van der Waals surface area contributed by atoms with Gasteiger partial charge in [-0.3, -0.25) is 4.79 Å². The van der Waals surface area contributed by atoms with Gasteiger partial charge in [-0.1, -0.05) is 0 Å². The molecule has 7 heteroatoms. The summed E-state index contributed by atoms with van der Waals surface area (Å²) < 4.78 is 1.54. The number of hydrogen-bond donors (Lipinski definition) is 2. The molecule has 1 aliphatic heterocycles. The van der Waals surface area contributed by atoms with Gasteiger partial charge in [0.05, 0.1) is 6.61 Å². The summed E-state index contributed by atoms with van der Waals surface area (Å²) in [6, 6.07) is -0.0612. The Balaban J connectivity index is 1.98. The van der Waals surface area contributed by atoms with Gasteiger partial charge in [0.25, 0.3) is 0 Å². The smallest absolute Gasteiger partial charge is 0.247 e. The van der Waals surface area contributed by atoms with Gasteiger partial charge in [0.15, 0.2) is 0 Å². The lowest BCUT2D eigenvalue weighted by molar-refractivity contribution is -0.135. The first-order valence-electron chi connectivity index (χ1n) is 6.69. The van der Waals surface area contributed by atoms with Crippen molar-refractivity contribution in [2.24, 2.45) is 0 Å². The monoisotopic (exact) mass is 267 g/mol. The van der Waals surface area contributed by atoms with Crippen LogP contribution in [-0.4, -0.2) is 63.0 Å². The van der Waals surface area contributed by atoms with Crippen LogP contribution in [0.4, 0.5) is 0 Å². The highest BCUT2D eigenvalue weighted by Crippen LogP contribution is 2.12. The fraction of sp³-hybridized carbons (Fsp3) is 0.750. The molecule has 0 spiro atoms. The van der Waals surface area contributed by atoms with E-state index in [2.05, 4.69) is 15.4 Å². The molecule has 2 unspecified atom stereocenters. The molecule has 0 saturated carbocycles. The first-order valence-corrected chi connectivity index (χ1v) is 6.69. The Labute approximate surface area is 112 Å². The molecule has 7 nitrogen and oxygen atoms in total. The van der Waals surface area contributed by atoms with Crippen LogP contribution in [0.15, 0.2) is 12.7 Å². The third-order valence-electron chi connectivity index (χ3n) is 3.48. The van der Waals surface area contributed by atoms with Crippen molar-refractivity contribution in [1.29, 1.82) is 0 Å². The number of rotatable bonds is 6. The maximum absolute atomic E-state index is 12.4. The highest BCUT2D eigenvalue weighted by Gasteiger charge is 2.25. The van der Waals surface area contributed by atoms with Gasteiger partial charge in [-0.25, -0.2) is 9.67 Å². The molecule has 1 aliphatic rings. The molecule has 1 saturated heterocycles. The largest absolute Gasteiger partial charge is 0.395 e. The van der Waals surface area contributed by atoms with E-state index in [-0.39, 0.29) is 12.5 Å². The Morgan fingerprint density at radius 3 is 3.11 bits per heavy atom. The van der Waals surface area contributed by atoms with E-state index < -0.39 is 6.04 Å². The predicted octanol–water partition coefficient (Wildman–Crippen LogP) is -0.588. The molecule has 2 N–H and O–H groups in total. The SMILES string of the molecule is CC(C(=O)N(CCO)CC1CCCN1)n1cncn1. The number of carbonyl (C=O) groups excluding carboxylic acids is 1. The molecule has 2 atom stereocenters. The molecule has 1 fully saturated rings. The topological polar surface area (TPSA) is 83.3 Å². The lowest BCUT2D eigenvalue weighted by Gasteiger charge is -2.27. The van der Waals surface area contributed by atoms with Crippen LogP contribution in [0.1, 0.15) is 25.8 Å². The van der Waals surface area contributed by atoms with Crippen molar-refractivity contribution in [2.45, 2.75) is 31.8 Å². The maximum atomic E-state index is 12.4. The molecule has 0 bridgehead atoms. The molecule has 106 valence electrons. The molecule has 1 amide bonds. The number of aliphatic hydroxyl groups excluding tert-OH is 1. The van der Waals surface area contributed by atoms with E-state index in [1.807, 2.05) is 0 Å². The lowest BCUT2D eigenvalue weighted by atomic mass is 10.2. The van der Waals surface area contributed by atoms with Crippen molar-refractivity contribution in [3.8, 4) is 0 Å². The number of nitrogens with zero attached hydrogens (tertiary/aromatic N) is 4. The molecule has 1 aromatic heterocycles. The second kappa shape index (κ2) is 6.63. The second-order valence-corrected chi connectivity index (χ2v) is 4.85. The molecule has 0 aliphatic carbocycles. The van der Waals surface area contributed by atoms with Crippen molar-refractivity contribution in [3.63, 3.8) is 0 Å². The van der Waals surface area contributed by atoms with E-state index in [4.69, 9.17) is 5.11 Å². The van der Waals surface area contributed by atoms with E-state index in [0.29, 0.717) is 19.1 Å². The van der Waals surface area contributed by atoms with Gasteiger partial charge in [-0.15, -0.1) is 0 Å². The van der Waals surface area contributed by atoms with E-state index in [1.165, 1.54) is 17.3 Å². The highest BCUT2D eigenvalue weighted by molar-refractivity contribution is 5.80. The number of carbonyl (C=O) groups is 1. The van der Waals surface area contributed by atoms with Gasteiger partial charge < -0.3 is 15.3 Å². The summed E-state index contributed by atoms with van der Waals surface area (Å²) in [5.74, 6) is -0.0340. The quantitative estimate of drug-likeness (QED) is 0.720. The van der Waals surface area contributed by atoms with Gasteiger partial charge >= 0.3 is 0 Å². The van der Waals surface area contributed by atoms with Gasteiger partial charge in [0.2, 0.25) is 5.91 Å². The zero-order valence-electron chi connectivity index (χ0n) is 11.2. The van der Waals surface area contributed by atoms with E-state index in [0.717, 1.165) is 19.4 Å². The summed E-state index contributed by atoms with van der Waals surface area (Å²) in [7, 11) is 0. The van der Waals surface area contributed by atoms with E-state index >= 15 is 0 Å². The van der Waals surface area contributed by atoms with Crippen molar-refractivity contribution in [3.05, 3.63) is 12.7 Å². The summed E-state index contributed by atoms with van der Waals surface area (Å²) in [5, 5.41) is 16.5. The molecule has 0 aromatic carbocycles. The molecule has 1 aromatic rings. The van der Waals surface area contributed by atoms with Gasteiger partial charge in [0.1, 0.15) is 18.7 Å². The molecular formula is C12H21N5O2. The first-order chi connectivity index (χ1) is 9.22. The maximum Gasteiger partial charge on any atom is 0.247 e. The van der Waals surface area contributed by atoms with Crippen LogP contribution in [0, 0.1) is 0 Å². The van der Waals surface area contributed by atoms with Crippen LogP contribution >= 0.6 is 0 Å². The fourth-order valence-electron chi connectivity index (χ4n) is 2.39. The summed E-state index contributed by atoms with van der Waals surface area (Å²) in [6.45, 7) is 3.77. The molecule has 19 heavy (non-hydrogen) atoms. The van der Waals surface area contributed by atoms with Crippen molar-refractivity contribution in [2.75, 3.05) is 26.2 Å². The number of amides is 1. The Morgan fingerprint density at radius 2 is 2.53 bits per heavy atom. The second-order valence-electron chi connectivity index (χ2n) is 4.85. The highest BCUT2D eigenvalue weighted by atomic mass is 16.3. The average molecular weight is 267 g/mol. The molecule has 2 heterocycles. The van der Waals surface area contributed by atoms with Gasteiger partial charge in [0, 0.05) is 19.1 Å². The zero-order valence-corrected chi connectivity index (χ0v) is 11.2. The fourth-order valence-corrected chi connectivity index (χ4v) is 2.39. The normalized spacial score (nSPS) is 20.4. The number of aromatic nitrogens is 3.